The first-order valence-electron chi connectivity index (χ1n) is 7.01. The monoisotopic (exact) mass is 278 g/mol. The highest BCUT2D eigenvalue weighted by Crippen LogP contribution is 2.28. The normalized spacial score (nSPS) is 10.8. The predicted molar refractivity (Wildman–Crippen MR) is 84.4 cm³/mol. The molecule has 106 valence electrons. The number of hydrogen-bond donors (Lipinski definition) is 0. The van der Waals surface area contributed by atoms with Gasteiger partial charge in [0.1, 0.15) is 17.6 Å². The zero-order valence-electron chi connectivity index (χ0n) is 12.5. The van der Waals surface area contributed by atoms with Gasteiger partial charge in [-0.25, -0.2) is 4.73 Å². The smallest absolute Gasteiger partial charge is 0.252 e. The number of rotatable bonds is 2. The Bertz CT molecular complexity index is 782. The predicted octanol–water partition coefficient (Wildman–Crippen LogP) is 3.70. The Balaban J connectivity index is 2.15. The molecule has 21 heavy (non-hydrogen) atoms. The van der Waals surface area contributed by atoms with Crippen molar-refractivity contribution >= 4 is 0 Å². The fourth-order valence-corrected chi connectivity index (χ4v) is 2.84. The van der Waals surface area contributed by atoms with E-state index in [9.17, 15) is 5.21 Å². The van der Waals surface area contributed by atoms with Crippen molar-refractivity contribution in [3.8, 4) is 16.8 Å². The van der Waals surface area contributed by atoms with Crippen LogP contribution in [0.15, 0.2) is 55.0 Å². The summed E-state index contributed by atoms with van der Waals surface area (Å²) in [5.41, 5.74) is 6.88. The number of aryl methyl sites for hydroxylation is 3. The number of imidazole rings is 1. The van der Waals surface area contributed by atoms with Gasteiger partial charge in [-0.1, -0.05) is 30.3 Å². The Hall–Kier alpha value is -2.55. The molecular formula is C18H18N2O. The molecule has 0 fully saturated rings. The van der Waals surface area contributed by atoms with E-state index in [1.807, 2.05) is 23.6 Å². The molecule has 3 heteroatoms. The molecule has 0 unspecified atom stereocenters. The number of nitrogens with zero attached hydrogens (tertiary/aromatic N) is 2. The fraction of sp³-hybridized carbons (Fsp3) is 0.167. The van der Waals surface area contributed by atoms with Crippen LogP contribution >= 0.6 is 0 Å². The van der Waals surface area contributed by atoms with Crippen molar-refractivity contribution in [1.82, 2.24) is 4.57 Å². The summed E-state index contributed by atoms with van der Waals surface area (Å²) in [6.45, 7) is 6.18. The summed E-state index contributed by atoms with van der Waals surface area (Å²) in [6.07, 6.45) is 3.13. The van der Waals surface area contributed by atoms with Crippen LogP contribution in [-0.2, 0) is 0 Å². The summed E-state index contributed by atoms with van der Waals surface area (Å²) >= 11 is 0. The van der Waals surface area contributed by atoms with Crippen LogP contribution in [0.3, 0.4) is 0 Å². The molecule has 0 saturated heterocycles. The van der Waals surface area contributed by atoms with Crippen LogP contribution in [0.1, 0.15) is 16.8 Å². The molecule has 0 bridgehead atoms. The lowest BCUT2D eigenvalue weighted by Gasteiger charge is -2.10. The van der Waals surface area contributed by atoms with E-state index in [2.05, 4.69) is 44.2 Å². The Kier molecular flexibility index (Phi) is 3.26. The van der Waals surface area contributed by atoms with Crippen LogP contribution in [0.4, 0.5) is 0 Å². The van der Waals surface area contributed by atoms with Crippen molar-refractivity contribution in [3.05, 3.63) is 77.0 Å². The van der Waals surface area contributed by atoms with Gasteiger partial charge in [-0.3, -0.25) is 0 Å². The highest BCUT2D eigenvalue weighted by atomic mass is 16.5. The SMILES string of the molecule is Cc1cccc(C)c1-c1cccc(-n2c[n+]([O-])cc2C)c1. The highest BCUT2D eigenvalue weighted by Gasteiger charge is 2.11. The van der Waals surface area contributed by atoms with Gasteiger partial charge in [-0.15, -0.1) is 0 Å². The summed E-state index contributed by atoms with van der Waals surface area (Å²) in [5, 5.41) is 11.4. The molecule has 0 spiro atoms. The Morgan fingerprint density at radius 1 is 0.952 bits per heavy atom. The number of benzene rings is 2. The zero-order chi connectivity index (χ0) is 15.0. The van der Waals surface area contributed by atoms with Gasteiger partial charge in [0.15, 0.2) is 0 Å². The maximum absolute atomic E-state index is 11.4. The van der Waals surface area contributed by atoms with Gasteiger partial charge in [0, 0.05) is 6.92 Å². The van der Waals surface area contributed by atoms with E-state index in [-0.39, 0.29) is 0 Å². The van der Waals surface area contributed by atoms with Crippen molar-refractivity contribution in [2.24, 2.45) is 0 Å². The van der Waals surface area contributed by atoms with Gasteiger partial charge in [-0.2, -0.15) is 4.57 Å². The van der Waals surface area contributed by atoms with Crippen LogP contribution < -0.4 is 4.73 Å². The van der Waals surface area contributed by atoms with Gasteiger partial charge in [-0.05, 0) is 48.2 Å². The second-order valence-electron chi connectivity index (χ2n) is 5.43. The van der Waals surface area contributed by atoms with Crippen molar-refractivity contribution in [2.75, 3.05) is 0 Å². The fourth-order valence-electron chi connectivity index (χ4n) is 2.84. The van der Waals surface area contributed by atoms with Crippen LogP contribution in [0.5, 0.6) is 0 Å². The second-order valence-corrected chi connectivity index (χ2v) is 5.43. The van der Waals surface area contributed by atoms with Gasteiger partial charge in [0.25, 0.3) is 6.33 Å². The van der Waals surface area contributed by atoms with E-state index in [0.717, 1.165) is 16.1 Å². The quantitative estimate of drug-likeness (QED) is 0.519. The van der Waals surface area contributed by atoms with Crippen LogP contribution in [-0.4, -0.2) is 4.57 Å². The maximum atomic E-state index is 11.4. The first-order chi connectivity index (χ1) is 10.1. The molecule has 0 aliphatic heterocycles. The average molecular weight is 278 g/mol. The first-order valence-corrected chi connectivity index (χ1v) is 7.01. The zero-order valence-corrected chi connectivity index (χ0v) is 12.5. The maximum Gasteiger partial charge on any atom is 0.252 e. The van der Waals surface area contributed by atoms with E-state index < -0.39 is 0 Å². The molecule has 3 aromatic rings. The van der Waals surface area contributed by atoms with Gasteiger partial charge in [0.2, 0.25) is 0 Å². The molecule has 2 aromatic carbocycles. The third kappa shape index (κ3) is 2.42. The van der Waals surface area contributed by atoms with Crippen molar-refractivity contribution in [2.45, 2.75) is 20.8 Å². The third-order valence-electron chi connectivity index (χ3n) is 3.82. The minimum absolute atomic E-state index is 0.834. The highest BCUT2D eigenvalue weighted by molar-refractivity contribution is 5.72. The van der Waals surface area contributed by atoms with Crippen LogP contribution in [0.2, 0.25) is 0 Å². The average Bonchev–Trinajstić information content (AvgIpc) is 2.78. The minimum atomic E-state index is 0.834. The molecule has 0 aliphatic carbocycles. The van der Waals surface area contributed by atoms with Gasteiger partial charge in [0.05, 0.1) is 0 Å². The first kappa shape index (κ1) is 13.4. The summed E-state index contributed by atoms with van der Waals surface area (Å²) in [7, 11) is 0. The lowest BCUT2D eigenvalue weighted by atomic mass is 9.95. The molecule has 0 aliphatic rings. The largest absolute Gasteiger partial charge is 0.711 e. The summed E-state index contributed by atoms with van der Waals surface area (Å²) < 4.78 is 2.74. The van der Waals surface area contributed by atoms with Crippen molar-refractivity contribution < 1.29 is 4.73 Å². The lowest BCUT2D eigenvalue weighted by molar-refractivity contribution is -0.604. The minimum Gasteiger partial charge on any atom is -0.711 e. The molecule has 3 nitrogen and oxygen atoms in total. The Morgan fingerprint density at radius 3 is 2.24 bits per heavy atom. The van der Waals surface area contributed by atoms with Gasteiger partial charge >= 0.3 is 0 Å². The van der Waals surface area contributed by atoms with E-state index in [4.69, 9.17) is 0 Å². The molecule has 1 aromatic heterocycles. The van der Waals surface area contributed by atoms with E-state index in [1.54, 1.807) is 12.5 Å². The standard InChI is InChI=1S/C18H18N2O/c1-13-6-4-7-14(2)18(13)16-8-5-9-17(10-16)20-12-19(21)11-15(20)3/h4-12H,1-3H3. The second kappa shape index (κ2) is 5.09. The van der Waals surface area contributed by atoms with Gasteiger partial charge < -0.3 is 5.21 Å². The third-order valence-corrected chi connectivity index (χ3v) is 3.82. The molecular weight excluding hydrogens is 260 g/mol. The van der Waals surface area contributed by atoms with E-state index in [0.29, 0.717) is 0 Å². The number of aromatic nitrogens is 2. The topological polar surface area (TPSA) is 31.9 Å². The molecule has 0 radical (unpaired) electrons. The van der Waals surface area contributed by atoms with Crippen LogP contribution in [0, 0.1) is 26.0 Å². The summed E-state index contributed by atoms with van der Waals surface area (Å²) in [4.78, 5) is 0. The summed E-state index contributed by atoms with van der Waals surface area (Å²) in [6, 6.07) is 14.6. The van der Waals surface area contributed by atoms with E-state index >= 15 is 0 Å². The van der Waals surface area contributed by atoms with Crippen molar-refractivity contribution in [3.63, 3.8) is 0 Å². The molecule has 1 heterocycles. The molecule has 0 N–H and O–H groups in total. The molecule has 0 saturated carbocycles. The van der Waals surface area contributed by atoms with Crippen LogP contribution in [0.25, 0.3) is 16.8 Å². The van der Waals surface area contributed by atoms with E-state index in [1.165, 1.54) is 22.3 Å². The molecule has 0 atom stereocenters. The molecule has 0 amide bonds. The summed E-state index contributed by atoms with van der Waals surface area (Å²) in [5.74, 6) is 0. The number of hydrogen-bond acceptors (Lipinski definition) is 1. The van der Waals surface area contributed by atoms with Crippen molar-refractivity contribution in [1.29, 1.82) is 0 Å². The lowest BCUT2D eigenvalue weighted by Crippen LogP contribution is -2.21. The Labute approximate surface area is 124 Å². The Morgan fingerprint density at radius 2 is 1.62 bits per heavy atom. The molecule has 3 rings (SSSR count).